The summed E-state index contributed by atoms with van der Waals surface area (Å²) in [6, 6.07) is 8.62. The van der Waals surface area contributed by atoms with Gasteiger partial charge < -0.3 is 14.2 Å². The zero-order chi connectivity index (χ0) is 30.3. The molecule has 2 aromatic carbocycles. The number of fused-ring (bicyclic) bond motifs is 1. The number of benzene rings is 2. The van der Waals surface area contributed by atoms with E-state index in [0.29, 0.717) is 17.7 Å². The van der Waals surface area contributed by atoms with Crippen LogP contribution in [-0.4, -0.2) is 50.4 Å². The normalized spacial score (nSPS) is 20.1. The topological polar surface area (TPSA) is 81.7 Å². The minimum atomic E-state index is -7.48. The average Bonchev–Trinajstić information content (AvgIpc) is 3.08. The molecule has 40 heavy (non-hydrogen) atoms. The summed E-state index contributed by atoms with van der Waals surface area (Å²) in [7, 11) is -7.21. The molecule has 3 rings (SSSR count). The molecule has 1 N–H and O–H groups in total. The fraction of sp³-hybridized carbons (Fsp3) is 0.435. The first-order chi connectivity index (χ1) is 18.3. The third kappa shape index (κ3) is 5.39. The highest BCUT2D eigenvalue weighted by Crippen LogP contribution is 2.55. The SMILES string of the molecule is CCOC(=O)NC1C(F)c2ccc(OS(=O)(=O)C(F)(F)C(F)(F)C(F)(F)C(F)(F)F)cc2C1Cc1ccccc1. The molecule has 1 amide bonds. The Morgan fingerprint density at radius 1 is 0.900 bits per heavy atom. The number of rotatable bonds is 9. The molecule has 0 saturated carbocycles. The van der Waals surface area contributed by atoms with Crippen LogP contribution in [0.25, 0.3) is 0 Å². The van der Waals surface area contributed by atoms with Gasteiger partial charge in [0.05, 0.1) is 12.6 Å². The number of hydrogen-bond donors (Lipinski definition) is 1. The van der Waals surface area contributed by atoms with Gasteiger partial charge in [0.15, 0.2) is 0 Å². The Labute approximate surface area is 220 Å². The summed E-state index contributed by atoms with van der Waals surface area (Å²) in [5, 5.41) is -4.79. The second-order valence-corrected chi connectivity index (χ2v) is 10.2. The molecule has 0 bridgehead atoms. The molecule has 3 atom stereocenters. The first kappa shape index (κ1) is 31.3. The second kappa shape index (κ2) is 10.6. The maximum absolute atomic E-state index is 15.4. The molecule has 6 nitrogen and oxygen atoms in total. The highest BCUT2D eigenvalue weighted by molar-refractivity contribution is 7.88. The van der Waals surface area contributed by atoms with Crippen molar-refractivity contribution in [2.24, 2.45) is 0 Å². The fourth-order valence-corrected chi connectivity index (χ4v) is 4.96. The maximum atomic E-state index is 15.4. The number of hydrogen-bond acceptors (Lipinski definition) is 5. The molecular weight excluding hydrogens is 592 g/mol. The van der Waals surface area contributed by atoms with E-state index in [9.17, 15) is 52.7 Å². The van der Waals surface area contributed by atoms with Crippen LogP contribution in [0.15, 0.2) is 48.5 Å². The molecule has 2 aromatic rings. The van der Waals surface area contributed by atoms with E-state index < -0.39 is 63.4 Å². The molecule has 17 heteroatoms. The van der Waals surface area contributed by atoms with Crippen LogP contribution in [0.4, 0.5) is 48.7 Å². The Bertz CT molecular complexity index is 1340. The van der Waals surface area contributed by atoms with E-state index in [0.717, 1.165) is 6.07 Å². The van der Waals surface area contributed by atoms with Crippen molar-refractivity contribution in [2.45, 2.75) is 54.8 Å². The minimum Gasteiger partial charge on any atom is -0.450 e. The van der Waals surface area contributed by atoms with Crippen LogP contribution in [0.2, 0.25) is 0 Å². The standard InChI is InChI=1S/C23H19F10NO5S/c1-2-38-19(35)34-18-16(10-12-6-4-3-5-7-12)15-11-13(8-9-14(15)17(18)24)39-40(36,37)23(32,33)21(27,28)20(25,26)22(29,30)31/h3-9,11,16-18H,2,10H2,1H3,(H,34,35). The lowest BCUT2D eigenvalue weighted by atomic mass is 9.90. The monoisotopic (exact) mass is 611 g/mol. The van der Waals surface area contributed by atoms with Crippen LogP contribution >= 0.6 is 0 Å². The van der Waals surface area contributed by atoms with Crippen LogP contribution < -0.4 is 9.50 Å². The van der Waals surface area contributed by atoms with Crippen LogP contribution in [0.1, 0.15) is 35.7 Å². The number of alkyl halides is 10. The smallest absolute Gasteiger partial charge is 0.450 e. The lowest BCUT2D eigenvalue weighted by Gasteiger charge is -2.32. The van der Waals surface area contributed by atoms with Gasteiger partial charge in [-0.05, 0) is 42.2 Å². The maximum Gasteiger partial charge on any atom is 0.460 e. The molecule has 0 saturated heterocycles. The Kier molecular flexibility index (Phi) is 8.31. The van der Waals surface area contributed by atoms with Crippen molar-refractivity contribution in [1.82, 2.24) is 5.32 Å². The Hall–Kier alpha value is -3.24. The summed E-state index contributed by atoms with van der Waals surface area (Å²) in [6.45, 7) is 1.37. The molecule has 0 spiro atoms. The highest BCUT2D eigenvalue weighted by atomic mass is 32.2. The first-order valence-corrected chi connectivity index (χ1v) is 12.6. The van der Waals surface area contributed by atoms with Gasteiger partial charge in [0, 0.05) is 5.92 Å². The first-order valence-electron chi connectivity index (χ1n) is 11.2. The quantitative estimate of drug-likeness (QED) is 0.267. The van der Waals surface area contributed by atoms with E-state index in [1.807, 2.05) is 0 Å². The number of amides is 1. The van der Waals surface area contributed by atoms with Crippen molar-refractivity contribution < 1.29 is 66.0 Å². The largest absolute Gasteiger partial charge is 0.460 e. The molecular formula is C23H19F10NO5S. The Balaban J connectivity index is 2.01. The van der Waals surface area contributed by atoms with E-state index in [1.54, 1.807) is 30.3 Å². The molecule has 1 aliphatic carbocycles. The lowest BCUT2D eigenvalue weighted by molar-refractivity contribution is -0.382. The van der Waals surface area contributed by atoms with Crippen LogP contribution in [0.5, 0.6) is 5.75 Å². The third-order valence-corrected chi connectivity index (χ3v) is 7.29. The van der Waals surface area contributed by atoms with Crippen molar-refractivity contribution in [1.29, 1.82) is 0 Å². The molecule has 0 aliphatic heterocycles. The molecule has 0 heterocycles. The van der Waals surface area contributed by atoms with Gasteiger partial charge >= 0.3 is 39.5 Å². The molecule has 3 unspecified atom stereocenters. The highest BCUT2D eigenvalue weighted by Gasteiger charge is 2.86. The van der Waals surface area contributed by atoms with E-state index in [2.05, 4.69) is 9.50 Å². The zero-order valence-corrected chi connectivity index (χ0v) is 20.8. The number of halogens is 10. The zero-order valence-electron chi connectivity index (χ0n) is 20.0. The molecule has 0 fully saturated rings. The van der Waals surface area contributed by atoms with Gasteiger partial charge in [0.25, 0.3) is 0 Å². The van der Waals surface area contributed by atoms with E-state index in [4.69, 9.17) is 4.74 Å². The lowest BCUT2D eigenvalue weighted by Crippen LogP contribution is -2.63. The Morgan fingerprint density at radius 3 is 2.05 bits per heavy atom. The van der Waals surface area contributed by atoms with E-state index in [1.165, 1.54) is 6.92 Å². The number of carbonyl (C=O) groups is 1. The predicted molar refractivity (Wildman–Crippen MR) is 118 cm³/mol. The van der Waals surface area contributed by atoms with E-state index in [-0.39, 0.29) is 24.2 Å². The third-order valence-electron chi connectivity index (χ3n) is 6.00. The summed E-state index contributed by atoms with van der Waals surface area (Å²) >= 11 is 0. The molecule has 1 aliphatic rings. The van der Waals surface area contributed by atoms with Crippen LogP contribution in [0.3, 0.4) is 0 Å². The number of carbonyl (C=O) groups excluding carboxylic acids is 1. The molecule has 0 radical (unpaired) electrons. The summed E-state index contributed by atoms with van der Waals surface area (Å²) in [6.07, 6.45) is -10.3. The summed E-state index contributed by atoms with van der Waals surface area (Å²) in [4.78, 5) is 12.0. The van der Waals surface area contributed by atoms with Crippen molar-refractivity contribution >= 4 is 16.2 Å². The van der Waals surface area contributed by atoms with Gasteiger partial charge in [-0.15, -0.1) is 0 Å². The van der Waals surface area contributed by atoms with Crippen molar-refractivity contribution in [2.75, 3.05) is 6.61 Å². The van der Waals surface area contributed by atoms with Crippen LogP contribution in [-0.2, 0) is 21.3 Å². The number of alkyl carbamates (subject to hydrolysis) is 1. The van der Waals surface area contributed by atoms with Crippen LogP contribution in [0, 0.1) is 0 Å². The number of nitrogens with one attached hydrogen (secondary N) is 1. The number of ether oxygens (including phenoxy) is 1. The van der Waals surface area contributed by atoms with Crippen molar-refractivity contribution in [3.8, 4) is 5.75 Å². The van der Waals surface area contributed by atoms with Gasteiger partial charge in [-0.25, -0.2) is 9.18 Å². The predicted octanol–water partition coefficient (Wildman–Crippen LogP) is 6.29. The van der Waals surface area contributed by atoms with E-state index >= 15 is 4.39 Å². The summed E-state index contributed by atoms with van der Waals surface area (Å²) in [5.41, 5.74) is 0.206. The van der Waals surface area contributed by atoms with Gasteiger partial charge in [-0.3, -0.25) is 0 Å². The summed E-state index contributed by atoms with van der Waals surface area (Å²) < 4.78 is 167. The van der Waals surface area contributed by atoms with Gasteiger partial charge in [0.2, 0.25) is 0 Å². The Morgan fingerprint density at radius 2 is 1.50 bits per heavy atom. The van der Waals surface area contributed by atoms with Crippen molar-refractivity contribution in [3.63, 3.8) is 0 Å². The molecule has 222 valence electrons. The van der Waals surface area contributed by atoms with Gasteiger partial charge in [0.1, 0.15) is 11.9 Å². The van der Waals surface area contributed by atoms with Gasteiger partial charge in [-0.1, -0.05) is 36.4 Å². The minimum absolute atomic E-state index is 0.0480. The fourth-order valence-electron chi connectivity index (χ4n) is 4.05. The van der Waals surface area contributed by atoms with Crippen molar-refractivity contribution in [3.05, 3.63) is 65.2 Å². The average molecular weight is 611 g/mol. The molecule has 0 aromatic heterocycles. The second-order valence-electron chi connectivity index (χ2n) is 8.58. The summed E-state index contributed by atoms with van der Waals surface area (Å²) in [5.74, 6) is -17.2. The van der Waals surface area contributed by atoms with Gasteiger partial charge in [-0.2, -0.15) is 47.9 Å².